The Morgan fingerprint density at radius 3 is 2.25 bits per heavy atom. The minimum absolute atomic E-state index is 0.0676. The maximum Gasteiger partial charge on any atom is 0.421 e. The van der Waals surface area contributed by atoms with Crippen molar-refractivity contribution in [1.82, 2.24) is 0 Å². The Morgan fingerprint density at radius 1 is 1.25 bits per heavy atom. The second-order valence-electron chi connectivity index (χ2n) is 3.57. The van der Waals surface area contributed by atoms with Gasteiger partial charge in [-0.3, -0.25) is 0 Å². The summed E-state index contributed by atoms with van der Waals surface area (Å²) in [6.45, 7) is 0.00808. The number of phenols is 1. The molecule has 0 bridgehead atoms. The number of halogens is 3. The van der Waals surface area contributed by atoms with Crippen LogP contribution in [0.4, 0.5) is 13.2 Å². The van der Waals surface area contributed by atoms with E-state index in [0.717, 1.165) is 18.2 Å². The van der Waals surface area contributed by atoms with Gasteiger partial charge in [0, 0.05) is 5.56 Å². The number of aromatic hydroxyl groups is 1. The summed E-state index contributed by atoms with van der Waals surface area (Å²) in [6.07, 6.45) is -4.82. The summed E-state index contributed by atoms with van der Waals surface area (Å²) in [5, 5.41) is 27.3. The lowest BCUT2D eigenvalue weighted by atomic mass is 9.93. The molecule has 0 heterocycles. The van der Waals surface area contributed by atoms with Crippen LogP contribution in [0.3, 0.4) is 0 Å². The highest BCUT2D eigenvalue weighted by Gasteiger charge is 2.51. The summed E-state index contributed by atoms with van der Waals surface area (Å²) in [7, 11) is 0. The molecule has 6 heteroatoms. The van der Waals surface area contributed by atoms with Crippen LogP contribution >= 0.6 is 0 Å². The summed E-state index contributed by atoms with van der Waals surface area (Å²) in [5.74, 6) is -0.316. The quantitative estimate of drug-likeness (QED) is 0.731. The molecule has 0 aliphatic heterocycles. The standard InChI is InChI=1S/C10H11F3O3/c1-9(16,10(11,12)13)7-2-3-8(15)6(4-7)5-14/h2-4,14-16H,5H2,1H3. The first-order valence-corrected chi connectivity index (χ1v) is 4.42. The van der Waals surface area contributed by atoms with Gasteiger partial charge in [-0.15, -0.1) is 0 Å². The van der Waals surface area contributed by atoms with E-state index in [0.29, 0.717) is 6.92 Å². The molecule has 1 unspecified atom stereocenters. The molecule has 90 valence electrons. The van der Waals surface area contributed by atoms with Crippen molar-refractivity contribution in [2.24, 2.45) is 0 Å². The van der Waals surface area contributed by atoms with Crippen molar-refractivity contribution in [3.63, 3.8) is 0 Å². The molecule has 0 aliphatic rings. The third-order valence-electron chi connectivity index (χ3n) is 2.36. The molecule has 0 saturated carbocycles. The molecule has 0 amide bonds. The molecule has 16 heavy (non-hydrogen) atoms. The molecule has 3 nitrogen and oxygen atoms in total. The minimum atomic E-state index is -4.82. The van der Waals surface area contributed by atoms with Gasteiger partial charge in [0.1, 0.15) is 5.75 Å². The van der Waals surface area contributed by atoms with Crippen molar-refractivity contribution in [2.75, 3.05) is 0 Å². The average Bonchev–Trinajstić information content (AvgIpc) is 2.16. The molecule has 0 aliphatic carbocycles. The maximum atomic E-state index is 12.5. The highest BCUT2D eigenvalue weighted by Crippen LogP contribution is 2.39. The number of aliphatic hydroxyl groups is 2. The van der Waals surface area contributed by atoms with Crippen LogP contribution in [0.25, 0.3) is 0 Å². The first-order chi connectivity index (χ1) is 7.20. The molecule has 0 spiro atoms. The Labute approximate surface area is 89.8 Å². The fourth-order valence-corrected chi connectivity index (χ4v) is 1.18. The monoisotopic (exact) mass is 236 g/mol. The fraction of sp³-hybridized carbons (Fsp3) is 0.400. The van der Waals surface area contributed by atoms with Gasteiger partial charge in [-0.05, 0) is 24.6 Å². The predicted molar refractivity (Wildman–Crippen MR) is 49.7 cm³/mol. The first kappa shape index (κ1) is 12.8. The largest absolute Gasteiger partial charge is 0.508 e. The Balaban J connectivity index is 3.24. The van der Waals surface area contributed by atoms with Crippen molar-refractivity contribution in [3.8, 4) is 5.75 Å². The average molecular weight is 236 g/mol. The highest BCUT2D eigenvalue weighted by atomic mass is 19.4. The Hall–Kier alpha value is -1.27. The van der Waals surface area contributed by atoms with Gasteiger partial charge in [0.15, 0.2) is 5.60 Å². The lowest BCUT2D eigenvalue weighted by Crippen LogP contribution is -2.39. The topological polar surface area (TPSA) is 60.7 Å². The number of aliphatic hydroxyl groups excluding tert-OH is 1. The maximum absolute atomic E-state index is 12.5. The SMILES string of the molecule is CC(O)(c1ccc(O)c(CO)c1)C(F)(F)F. The number of benzene rings is 1. The second kappa shape index (κ2) is 3.95. The Kier molecular flexibility index (Phi) is 3.16. The van der Waals surface area contributed by atoms with Gasteiger partial charge in [0.25, 0.3) is 0 Å². The molecular weight excluding hydrogens is 225 g/mol. The molecule has 1 aromatic rings. The zero-order valence-electron chi connectivity index (χ0n) is 8.41. The molecule has 0 radical (unpaired) electrons. The van der Waals surface area contributed by atoms with Crippen LogP contribution in [-0.2, 0) is 12.2 Å². The van der Waals surface area contributed by atoms with Crippen LogP contribution in [0.5, 0.6) is 5.75 Å². The first-order valence-electron chi connectivity index (χ1n) is 4.42. The van der Waals surface area contributed by atoms with E-state index in [-0.39, 0.29) is 11.3 Å². The van der Waals surface area contributed by atoms with E-state index in [1.807, 2.05) is 0 Å². The van der Waals surface area contributed by atoms with E-state index in [1.54, 1.807) is 0 Å². The molecule has 1 aromatic carbocycles. The van der Waals surface area contributed by atoms with Crippen molar-refractivity contribution < 1.29 is 28.5 Å². The van der Waals surface area contributed by atoms with Crippen molar-refractivity contribution in [2.45, 2.75) is 25.3 Å². The van der Waals surface area contributed by atoms with Crippen molar-refractivity contribution in [3.05, 3.63) is 29.3 Å². The lowest BCUT2D eigenvalue weighted by molar-refractivity contribution is -0.258. The summed E-state index contributed by atoms with van der Waals surface area (Å²) in [6, 6.07) is 2.88. The normalized spacial score (nSPS) is 15.9. The molecule has 1 atom stereocenters. The zero-order valence-corrected chi connectivity index (χ0v) is 8.41. The Morgan fingerprint density at radius 2 is 1.81 bits per heavy atom. The molecule has 0 saturated heterocycles. The van der Waals surface area contributed by atoms with Gasteiger partial charge in [-0.2, -0.15) is 13.2 Å². The zero-order chi connectivity index (χ0) is 12.6. The van der Waals surface area contributed by atoms with E-state index < -0.39 is 23.9 Å². The van der Waals surface area contributed by atoms with Gasteiger partial charge in [0.2, 0.25) is 0 Å². The van der Waals surface area contributed by atoms with Crippen LogP contribution in [-0.4, -0.2) is 21.5 Å². The third kappa shape index (κ3) is 2.12. The fourth-order valence-electron chi connectivity index (χ4n) is 1.18. The summed E-state index contributed by atoms with van der Waals surface area (Å²) in [5.41, 5.74) is -3.51. The van der Waals surface area contributed by atoms with Crippen molar-refractivity contribution in [1.29, 1.82) is 0 Å². The number of hydrogen-bond donors (Lipinski definition) is 3. The number of hydrogen-bond acceptors (Lipinski definition) is 3. The molecule has 0 aromatic heterocycles. The van der Waals surface area contributed by atoms with Gasteiger partial charge < -0.3 is 15.3 Å². The van der Waals surface area contributed by atoms with E-state index in [4.69, 9.17) is 5.11 Å². The van der Waals surface area contributed by atoms with Gasteiger partial charge in [0.05, 0.1) is 6.61 Å². The molecule has 3 N–H and O–H groups in total. The number of alkyl halides is 3. The van der Waals surface area contributed by atoms with Crippen LogP contribution in [0.15, 0.2) is 18.2 Å². The van der Waals surface area contributed by atoms with E-state index in [2.05, 4.69) is 0 Å². The van der Waals surface area contributed by atoms with Gasteiger partial charge in [-0.1, -0.05) is 6.07 Å². The van der Waals surface area contributed by atoms with E-state index in [9.17, 15) is 23.4 Å². The second-order valence-corrected chi connectivity index (χ2v) is 3.57. The summed E-state index contributed by atoms with van der Waals surface area (Å²) < 4.78 is 37.4. The van der Waals surface area contributed by atoms with E-state index in [1.165, 1.54) is 0 Å². The number of rotatable bonds is 2. The highest BCUT2D eigenvalue weighted by molar-refractivity contribution is 5.38. The van der Waals surface area contributed by atoms with Crippen LogP contribution < -0.4 is 0 Å². The van der Waals surface area contributed by atoms with Gasteiger partial charge in [-0.25, -0.2) is 0 Å². The van der Waals surface area contributed by atoms with Crippen LogP contribution in [0.2, 0.25) is 0 Å². The van der Waals surface area contributed by atoms with Crippen molar-refractivity contribution >= 4 is 0 Å². The third-order valence-corrected chi connectivity index (χ3v) is 2.36. The molecular formula is C10H11F3O3. The minimum Gasteiger partial charge on any atom is -0.508 e. The van der Waals surface area contributed by atoms with E-state index >= 15 is 0 Å². The lowest BCUT2D eigenvalue weighted by Gasteiger charge is -2.27. The predicted octanol–water partition coefficient (Wildman–Crippen LogP) is 1.65. The molecule has 0 fully saturated rings. The summed E-state index contributed by atoms with van der Waals surface area (Å²) >= 11 is 0. The molecule has 1 rings (SSSR count). The van der Waals surface area contributed by atoms with Crippen LogP contribution in [0.1, 0.15) is 18.1 Å². The summed E-state index contributed by atoms with van der Waals surface area (Å²) in [4.78, 5) is 0. The van der Waals surface area contributed by atoms with Crippen LogP contribution in [0, 0.1) is 0 Å². The van der Waals surface area contributed by atoms with Gasteiger partial charge >= 0.3 is 6.18 Å². The Bertz CT molecular complexity index is 385. The smallest absolute Gasteiger partial charge is 0.421 e.